The summed E-state index contributed by atoms with van der Waals surface area (Å²) in [5.74, 6) is 0. The van der Waals surface area contributed by atoms with Gasteiger partial charge in [0, 0.05) is 24.7 Å². The number of ether oxygens (including phenoxy) is 5. The second-order valence-electron chi connectivity index (χ2n) is 5.35. The number of hydrogen-bond donors (Lipinski definition) is 0. The topological polar surface area (TPSA) is 94.9 Å². The van der Waals surface area contributed by atoms with Gasteiger partial charge in [0.2, 0.25) is 0 Å². The fourth-order valence-electron chi connectivity index (χ4n) is 2.98. The fraction of sp³-hybridized carbons (Fsp3) is 0.600. The minimum absolute atomic E-state index is 0.317. The molecule has 8 nitrogen and oxygen atoms in total. The molecule has 2 aliphatic rings. The third kappa shape index (κ3) is 3.18. The summed E-state index contributed by atoms with van der Waals surface area (Å²) in [4.78, 5) is 2.93. The van der Waals surface area contributed by atoms with Crippen molar-refractivity contribution in [3.8, 4) is 0 Å². The number of rotatable bonds is 4. The summed E-state index contributed by atoms with van der Waals surface area (Å²) >= 11 is 0. The van der Waals surface area contributed by atoms with Crippen molar-refractivity contribution in [1.82, 2.24) is 0 Å². The summed E-state index contributed by atoms with van der Waals surface area (Å²) in [6, 6.07) is 9.02. The number of methoxy groups -OCH3 is 2. The largest absolute Gasteiger partial charge is 0.376 e. The Bertz CT molecular complexity index is 565. The molecule has 0 radical (unpaired) electrons. The predicted octanol–water partition coefficient (Wildman–Crippen LogP) is 2.17. The lowest BCUT2D eigenvalue weighted by Gasteiger charge is -2.47. The quantitative estimate of drug-likeness (QED) is 0.481. The molecule has 124 valence electrons. The van der Waals surface area contributed by atoms with Crippen LogP contribution in [0.15, 0.2) is 35.4 Å². The molecule has 0 bridgehead atoms. The second-order valence-corrected chi connectivity index (χ2v) is 5.35. The first-order valence-corrected chi connectivity index (χ1v) is 7.35. The molecule has 0 saturated carbocycles. The molecule has 3 rings (SSSR count). The maximum atomic E-state index is 8.90. The van der Waals surface area contributed by atoms with Gasteiger partial charge in [-0.25, -0.2) is 0 Å². The van der Waals surface area contributed by atoms with Crippen molar-refractivity contribution >= 4 is 0 Å². The zero-order chi connectivity index (χ0) is 16.2. The molecule has 2 aliphatic heterocycles. The van der Waals surface area contributed by atoms with Crippen molar-refractivity contribution in [2.24, 2.45) is 5.11 Å². The van der Waals surface area contributed by atoms with Gasteiger partial charge >= 0.3 is 0 Å². The average molecular weight is 321 g/mol. The first-order chi connectivity index (χ1) is 11.3. The lowest BCUT2D eigenvalue weighted by molar-refractivity contribution is -0.340. The molecule has 0 aliphatic carbocycles. The normalized spacial score (nSPS) is 36.8. The van der Waals surface area contributed by atoms with Crippen LogP contribution in [0.3, 0.4) is 0 Å². The van der Waals surface area contributed by atoms with Crippen molar-refractivity contribution in [3.05, 3.63) is 46.3 Å². The number of benzene rings is 1. The number of azide groups is 1. The minimum atomic E-state index is -0.641. The number of nitrogens with zero attached hydrogens (tertiary/aromatic N) is 3. The van der Waals surface area contributed by atoms with E-state index < -0.39 is 30.8 Å². The Morgan fingerprint density at radius 1 is 1.17 bits per heavy atom. The van der Waals surface area contributed by atoms with Gasteiger partial charge in [-0.3, -0.25) is 0 Å². The Kier molecular flexibility index (Phi) is 5.12. The molecule has 0 aromatic heterocycles. The summed E-state index contributed by atoms with van der Waals surface area (Å²) in [7, 11) is 3.04. The van der Waals surface area contributed by atoms with Gasteiger partial charge in [0.25, 0.3) is 0 Å². The van der Waals surface area contributed by atoms with Crippen LogP contribution < -0.4 is 0 Å². The molecule has 2 fully saturated rings. The van der Waals surface area contributed by atoms with E-state index in [1.54, 1.807) is 0 Å². The Hall–Kier alpha value is -1.67. The van der Waals surface area contributed by atoms with E-state index in [0.29, 0.717) is 6.61 Å². The highest BCUT2D eigenvalue weighted by Gasteiger charge is 2.50. The van der Waals surface area contributed by atoms with E-state index in [-0.39, 0.29) is 6.10 Å². The lowest BCUT2D eigenvalue weighted by atomic mass is 9.95. The molecule has 1 aromatic rings. The Morgan fingerprint density at radius 3 is 2.61 bits per heavy atom. The summed E-state index contributed by atoms with van der Waals surface area (Å²) in [6.45, 7) is 0.317. The molecule has 6 atom stereocenters. The van der Waals surface area contributed by atoms with Gasteiger partial charge in [-0.15, -0.1) is 0 Å². The first kappa shape index (κ1) is 16.2. The van der Waals surface area contributed by atoms with E-state index in [1.807, 2.05) is 30.3 Å². The molecular formula is C15H19N3O5. The molecule has 23 heavy (non-hydrogen) atoms. The van der Waals surface area contributed by atoms with E-state index >= 15 is 0 Å². The monoisotopic (exact) mass is 321 g/mol. The van der Waals surface area contributed by atoms with Gasteiger partial charge in [-0.05, 0) is 5.53 Å². The molecule has 0 amide bonds. The minimum Gasteiger partial charge on any atom is -0.376 e. The zero-order valence-corrected chi connectivity index (χ0v) is 12.9. The number of fused-ring (bicyclic) bond motifs is 1. The van der Waals surface area contributed by atoms with Crippen molar-refractivity contribution in [2.45, 2.75) is 36.9 Å². The molecule has 8 heteroatoms. The smallest absolute Gasteiger partial charge is 0.184 e. The van der Waals surface area contributed by atoms with Crippen LogP contribution in [-0.2, 0) is 23.7 Å². The van der Waals surface area contributed by atoms with Crippen LogP contribution in [0, 0.1) is 0 Å². The molecule has 0 N–H and O–H groups in total. The second kappa shape index (κ2) is 7.27. The van der Waals surface area contributed by atoms with Crippen LogP contribution in [-0.4, -0.2) is 51.5 Å². The van der Waals surface area contributed by atoms with E-state index in [9.17, 15) is 0 Å². The SMILES string of the molecule is COC1OC2COC(c3ccccc3)O[C@@H]2C(N=[N+]=[N-])C1OC. The van der Waals surface area contributed by atoms with Crippen molar-refractivity contribution < 1.29 is 23.7 Å². The fourth-order valence-corrected chi connectivity index (χ4v) is 2.98. The van der Waals surface area contributed by atoms with Gasteiger partial charge < -0.3 is 23.7 Å². The van der Waals surface area contributed by atoms with Crippen molar-refractivity contribution in [1.29, 1.82) is 0 Å². The summed E-state index contributed by atoms with van der Waals surface area (Å²) in [5, 5.41) is 3.86. The zero-order valence-electron chi connectivity index (χ0n) is 12.9. The van der Waals surface area contributed by atoms with Crippen LogP contribution in [0.4, 0.5) is 0 Å². The van der Waals surface area contributed by atoms with E-state index in [1.165, 1.54) is 14.2 Å². The van der Waals surface area contributed by atoms with Crippen LogP contribution in [0.2, 0.25) is 0 Å². The molecule has 5 unspecified atom stereocenters. The summed E-state index contributed by atoms with van der Waals surface area (Å²) < 4.78 is 28.3. The number of hydrogen-bond acceptors (Lipinski definition) is 6. The van der Waals surface area contributed by atoms with Crippen molar-refractivity contribution in [2.75, 3.05) is 20.8 Å². The Balaban J connectivity index is 1.84. The first-order valence-electron chi connectivity index (χ1n) is 7.35. The Morgan fingerprint density at radius 2 is 1.96 bits per heavy atom. The molecule has 2 saturated heterocycles. The highest BCUT2D eigenvalue weighted by Crippen LogP contribution is 2.36. The maximum absolute atomic E-state index is 8.90. The molecule has 1 aromatic carbocycles. The van der Waals surface area contributed by atoms with Crippen LogP contribution >= 0.6 is 0 Å². The standard InChI is InChI=1S/C15H19N3O5/c1-19-13-11(17-18-16)12-10(22-15(13)20-2)8-21-14(23-12)9-6-4-3-5-7-9/h3-7,10-15H,8H2,1-2H3/t10?,11?,12-,13?,14?,15?/m0/s1. The summed E-state index contributed by atoms with van der Waals surface area (Å²) in [5.41, 5.74) is 9.80. The van der Waals surface area contributed by atoms with Crippen molar-refractivity contribution in [3.63, 3.8) is 0 Å². The third-order valence-electron chi connectivity index (χ3n) is 4.07. The van der Waals surface area contributed by atoms with Crippen LogP contribution in [0.5, 0.6) is 0 Å². The highest BCUT2D eigenvalue weighted by molar-refractivity contribution is 5.16. The molecule has 0 spiro atoms. The molecule has 2 heterocycles. The van der Waals surface area contributed by atoms with Gasteiger partial charge in [0.1, 0.15) is 18.3 Å². The maximum Gasteiger partial charge on any atom is 0.184 e. The van der Waals surface area contributed by atoms with Gasteiger partial charge in [-0.2, -0.15) is 0 Å². The van der Waals surface area contributed by atoms with Gasteiger partial charge in [0.05, 0.1) is 12.6 Å². The van der Waals surface area contributed by atoms with Gasteiger partial charge in [0.15, 0.2) is 12.6 Å². The average Bonchev–Trinajstić information content (AvgIpc) is 2.62. The van der Waals surface area contributed by atoms with E-state index in [4.69, 9.17) is 29.2 Å². The Labute approximate surface area is 133 Å². The highest BCUT2D eigenvalue weighted by atomic mass is 16.7. The van der Waals surface area contributed by atoms with E-state index in [2.05, 4.69) is 10.0 Å². The van der Waals surface area contributed by atoms with Crippen LogP contribution in [0.1, 0.15) is 11.9 Å². The van der Waals surface area contributed by atoms with E-state index in [0.717, 1.165) is 5.56 Å². The van der Waals surface area contributed by atoms with Crippen LogP contribution in [0.25, 0.3) is 10.4 Å². The predicted molar refractivity (Wildman–Crippen MR) is 79.4 cm³/mol. The third-order valence-corrected chi connectivity index (χ3v) is 4.07. The molecular weight excluding hydrogens is 302 g/mol. The lowest BCUT2D eigenvalue weighted by Crippen LogP contribution is -2.61. The summed E-state index contributed by atoms with van der Waals surface area (Å²) in [6.07, 6.45) is -2.58. The van der Waals surface area contributed by atoms with Gasteiger partial charge in [-0.1, -0.05) is 35.4 Å².